The quantitative estimate of drug-likeness (QED) is 0.672. The fourth-order valence-corrected chi connectivity index (χ4v) is 0.935. The van der Waals surface area contributed by atoms with Gasteiger partial charge in [-0.2, -0.15) is 0 Å². The van der Waals surface area contributed by atoms with E-state index >= 15 is 0 Å². The average Bonchev–Trinajstić information content (AvgIpc) is 2.81. The minimum Gasteiger partial charge on any atom is -0.474 e. The maximum atomic E-state index is 12.7. The van der Waals surface area contributed by atoms with Crippen LogP contribution in [0.15, 0.2) is 12.3 Å². The van der Waals surface area contributed by atoms with Crippen LogP contribution in [0.3, 0.4) is 0 Å². The zero-order chi connectivity index (χ0) is 8.55. The Kier molecular flexibility index (Phi) is 1.71. The summed E-state index contributed by atoms with van der Waals surface area (Å²) in [4.78, 5) is 3.82. The number of ether oxygens (including phenoxy) is 1. The molecule has 2 rings (SSSR count). The molecule has 1 aromatic rings. The molecule has 0 aliphatic heterocycles. The minimum absolute atomic E-state index is 0.279. The maximum absolute atomic E-state index is 12.7. The van der Waals surface area contributed by atoms with Gasteiger partial charge < -0.3 is 4.74 Å². The van der Waals surface area contributed by atoms with Gasteiger partial charge in [0, 0.05) is 6.07 Å². The number of halogens is 1. The van der Waals surface area contributed by atoms with Crippen LogP contribution >= 0.6 is 0 Å². The molecule has 1 aliphatic rings. The summed E-state index contributed by atoms with van der Waals surface area (Å²) >= 11 is 0. The van der Waals surface area contributed by atoms with Crippen molar-refractivity contribution in [2.24, 2.45) is 0 Å². The third-order valence-corrected chi connectivity index (χ3v) is 1.83. The van der Waals surface area contributed by atoms with Gasteiger partial charge in [-0.15, -0.1) is 0 Å². The zero-order valence-corrected chi connectivity index (χ0v) is 6.88. The number of hydrogen-bond donors (Lipinski definition) is 0. The smallest absolute Gasteiger partial charge is 0.213 e. The van der Waals surface area contributed by atoms with Crippen molar-refractivity contribution in [1.82, 2.24) is 4.98 Å². The Morgan fingerprint density at radius 3 is 2.92 bits per heavy atom. The first kappa shape index (κ1) is 7.53. The van der Waals surface area contributed by atoms with E-state index in [-0.39, 0.29) is 5.82 Å². The van der Waals surface area contributed by atoms with E-state index < -0.39 is 0 Å². The summed E-state index contributed by atoms with van der Waals surface area (Å²) in [6.07, 6.45) is 3.71. The third kappa shape index (κ3) is 1.55. The lowest BCUT2D eigenvalue weighted by molar-refractivity contribution is 0.290. The predicted molar refractivity (Wildman–Crippen MR) is 42.6 cm³/mol. The molecular formula is C9H10FNO. The summed E-state index contributed by atoms with van der Waals surface area (Å²) in [6, 6.07) is 1.63. The zero-order valence-electron chi connectivity index (χ0n) is 6.88. The molecule has 12 heavy (non-hydrogen) atoms. The van der Waals surface area contributed by atoms with E-state index in [1.165, 1.54) is 6.20 Å². The molecule has 2 nitrogen and oxygen atoms in total. The molecule has 1 aliphatic carbocycles. The standard InChI is InChI=1S/C9H10FNO/c1-6-4-9(11-5-8(6)10)12-7-2-3-7/h4-5,7H,2-3H2,1H3. The Morgan fingerprint density at radius 2 is 2.33 bits per heavy atom. The monoisotopic (exact) mass is 167 g/mol. The topological polar surface area (TPSA) is 22.1 Å². The number of aryl methyl sites for hydroxylation is 1. The normalized spacial score (nSPS) is 16.2. The SMILES string of the molecule is Cc1cc(OC2CC2)ncc1F. The van der Waals surface area contributed by atoms with Crippen LogP contribution in [0, 0.1) is 12.7 Å². The van der Waals surface area contributed by atoms with E-state index in [1.54, 1.807) is 13.0 Å². The predicted octanol–water partition coefficient (Wildman–Crippen LogP) is 2.07. The second-order valence-corrected chi connectivity index (χ2v) is 3.09. The Hall–Kier alpha value is -1.12. The molecule has 1 fully saturated rings. The van der Waals surface area contributed by atoms with Crippen molar-refractivity contribution in [3.8, 4) is 5.88 Å². The molecule has 3 heteroatoms. The van der Waals surface area contributed by atoms with E-state index in [9.17, 15) is 4.39 Å². The molecule has 64 valence electrons. The molecule has 0 saturated heterocycles. The number of pyridine rings is 1. The van der Waals surface area contributed by atoms with Crippen LogP contribution in [0.1, 0.15) is 18.4 Å². The Bertz CT molecular complexity index is 297. The van der Waals surface area contributed by atoms with Gasteiger partial charge in [0.1, 0.15) is 11.9 Å². The molecule has 0 aromatic carbocycles. The lowest BCUT2D eigenvalue weighted by Gasteiger charge is -2.03. The van der Waals surface area contributed by atoms with E-state index in [2.05, 4.69) is 4.98 Å². The van der Waals surface area contributed by atoms with Crippen LogP contribution in [0.25, 0.3) is 0 Å². The molecule has 0 spiro atoms. The first-order valence-corrected chi connectivity index (χ1v) is 4.04. The van der Waals surface area contributed by atoms with Crippen molar-refractivity contribution in [3.63, 3.8) is 0 Å². The van der Waals surface area contributed by atoms with Gasteiger partial charge in [-0.25, -0.2) is 9.37 Å². The van der Waals surface area contributed by atoms with Gasteiger partial charge in [0.2, 0.25) is 5.88 Å². The summed E-state index contributed by atoms with van der Waals surface area (Å²) in [7, 11) is 0. The van der Waals surface area contributed by atoms with Gasteiger partial charge in [-0.1, -0.05) is 0 Å². The van der Waals surface area contributed by atoms with Gasteiger partial charge >= 0.3 is 0 Å². The molecule has 0 atom stereocenters. The van der Waals surface area contributed by atoms with E-state index in [1.807, 2.05) is 0 Å². The van der Waals surface area contributed by atoms with Crippen molar-refractivity contribution in [3.05, 3.63) is 23.6 Å². The molecule has 0 radical (unpaired) electrons. The number of hydrogen-bond acceptors (Lipinski definition) is 2. The van der Waals surface area contributed by atoms with Crippen molar-refractivity contribution in [1.29, 1.82) is 0 Å². The number of nitrogens with zero attached hydrogens (tertiary/aromatic N) is 1. The van der Waals surface area contributed by atoms with Gasteiger partial charge in [0.05, 0.1) is 6.20 Å². The fourth-order valence-electron chi connectivity index (χ4n) is 0.935. The molecule has 1 saturated carbocycles. The summed E-state index contributed by atoms with van der Waals surface area (Å²) in [6.45, 7) is 1.71. The van der Waals surface area contributed by atoms with Crippen molar-refractivity contribution in [2.75, 3.05) is 0 Å². The third-order valence-electron chi connectivity index (χ3n) is 1.83. The van der Waals surface area contributed by atoms with Gasteiger partial charge in [-0.3, -0.25) is 0 Å². The van der Waals surface area contributed by atoms with Crippen molar-refractivity contribution < 1.29 is 9.13 Å². The summed E-state index contributed by atoms with van der Waals surface area (Å²) in [5, 5.41) is 0. The summed E-state index contributed by atoms with van der Waals surface area (Å²) < 4.78 is 18.1. The van der Waals surface area contributed by atoms with Crippen LogP contribution < -0.4 is 4.74 Å². The second-order valence-electron chi connectivity index (χ2n) is 3.09. The Balaban J connectivity index is 2.15. The fraction of sp³-hybridized carbons (Fsp3) is 0.444. The highest BCUT2D eigenvalue weighted by Crippen LogP contribution is 2.25. The van der Waals surface area contributed by atoms with Crippen LogP contribution in [0.4, 0.5) is 4.39 Å². The Morgan fingerprint density at radius 1 is 1.58 bits per heavy atom. The summed E-state index contributed by atoms with van der Waals surface area (Å²) in [5.41, 5.74) is 0.584. The van der Waals surface area contributed by atoms with Crippen molar-refractivity contribution in [2.45, 2.75) is 25.9 Å². The second kappa shape index (κ2) is 2.73. The maximum Gasteiger partial charge on any atom is 0.213 e. The highest BCUT2D eigenvalue weighted by molar-refractivity contribution is 5.21. The van der Waals surface area contributed by atoms with Crippen molar-refractivity contribution >= 4 is 0 Å². The van der Waals surface area contributed by atoms with E-state index in [0.29, 0.717) is 17.5 Å². The van der Waals surface area contributed by atoms with E-state index in [0.717, 1.165) is 12.8 Å². The molecular weight excluding hydrogens is 157 g/mol. The van der Waals surface area contributed by atoms with Crippen LogP contribution in [-0.2, 0) is 0 Å². The van der Waals surface area contributed by atoms with Crippen LogP contribution in [0.5, 0.6) is 5.88 Å². The molecule has 0 unspecified atom stereocenters. The first-order chi connectivity index (χ1) is 5.75. The molecule has 1 heterocycles. The average molecular weight is 167 g/mol. The van der Waals surface area contributed by atoms with Crippen LogP contribution in [0.2, 0.25) is 0 Å². The highest BCUT2D eigenvalue weighted by atomic mass is 19.1. The largest absolute Gasteiger partial charge is 0.474 e. The van der Waals surface area contributed by atoms with Gasteiger partial charge in [0.25, 0.3) is 0 Å². The van der Waals surface area contributed by atoms with E-state index in [4.69, 9.17) is 4.74 Å². The number of aromatic nitrogens is 1. The molecule has 0 N–H and O–H groups in total. The lowest BCUT2D eigenvalue weighted by atomic mass is 10.3. The highest BCUT2D eigenvalue weighted by Gasteiger charge is 2.24. The minimum atomic E-state index is -0.279. The van der Waals surface area contributed by atoms with Crippen LogP contribution in [-0.4, -0.2) is 11.1 Å². The van der Waals surface area contributed by atoms with Gasteiger partial charge in [-0.05, 0) is 25.3 Å². The first-order valence-electron chi connectivity index (χ1n) is 4.04. The Labute approximate surface area is 70.4 Å². The molecule has 1 aromatic heterocycles. The lowest BCUT2D eigenvalue weighted by Crippen LogP contribution is -1.99. The molecule has 0 bridgehead atoms. The molecule has 0 amide bonds. The number of rotatable bonds is 2. The van der Waals surface area contributed by atoms with Gasteiger partial charge in [0.15, 0.2) is 0 Å². The summed E-state index contributed by atoms with van der Waals surface area (Å²) in [5.74, 6) is 0.259.